The van der Waals surface area contributed by atoms with Gasteiger partial charge in [-0.05, 0) is 25.0 Å². The molecule has 2 rings (SSSR count). The zero-order valence-electron chi connectivity index (χ0n) is 10.9. The summed E-state index contributed by atoms with van der Waals surface area (Å²) >= 11 is 0. The van der Waals surface area contributed by atoms with Gasteiger partial charge in [-0.3, -0.25) is 9.78 Å². The molecule has 1 saturated heterocycles. The summed E-state index contributed by atoms with van der Waals surface area (Å²) in [7, 11) is -2.96. The van der Waals surface area contributed by atoms with Crippen LogP contribution in [0, 0.1) is 0 Å². The highest BCUT2D eigenvalue weighted by Crippen LogP contribution is 2.18. The van der Waals surface area contributed by atoms with Gasteiger partial charge < -0.3 is 4.90 Å². The van der Waals surface area contributed by atoms with Gasteiger partial charge in [0.25, 0.3) is 0 Å². The summed E-state index contributed by atoms with van der Waals surface area (Å²) in [6.07, 6.45) is 4.15. The molecule has 5 nitrogen and oxygen atoms in total. The number of carbonyl (C=O) groups is 1. The van der Waals surface area contributed by atoms with Crippen LogP contribution in [-0.4, -0.2) is 48.3 Å². The first kappa shape index (κ1) is 14.0. The molecule has 1 aliphatic heterocycles. The summed E-state index contributed by atoms with van der Waals surface area (Å²) in [6, 6.07) is 3.47. The highest BCUT2D eigenvalue weighted by atomic mass is 32.2. The Labute approximate surface area is 113 Å². The monoisotopic (exact) mass is 282 g/mol. The second kappa shape index (κ2) is 5.69. The number of sulfone groups is 1. The van der Waals surface area contributed by atoms with Crippen molar-refractivity contribution in [3.05, 3.63) is 30.1 Å². The molecule has 1 aromatic heterocycles. The molecule has 1 unspecified atom stereocenters. The van der Waals surface area contributed by atoms with Gasteiger partial charge in [0.2, 0.25) is 5.91 Å². The van der Waals surface area contributed by atoms with Crippen molar-refractivity contribution >= 4 is 15.7 Å². The molecule has 1 atom stereocenters. The van der Waals surface area contributed by atoms with E-state index in [1.807, 2.05) is 13.0 Å². The van der Waals surface area contributed by atoms with E-state index in [0.29, 0.717) is 13.0 Å². The number of hydrogen-bond acceptors (Lipinski definition) is 4. The fourth-order valence-corrected chi connectivity index (χ4v) is 4.17. The Morgan fingerprint density at radius 1 is 1.53 bits per heavy atom. The molecule has 1 amide bonds. The van der Waals surface area contributed by atoms with Crippen molar-refractivity contribution in [2.45, 2.75) is 25.8 Å². The second-order valence-corrected chi connectivity index (χ2v) is 7.00. The number of likely N-dealkylation sites (N-methyl/N-ethyl adjacent to an activating group) is 1. The lowest BCUT2D eigenvalue weighted by atomic mass is 10.1. The maximum Gasteiger partial charge on any atom is 0.227 e. The van der Waals surface area contributed by atoms with E-state index in [1.165, 1.54) is 0 Å². The molecule has 19 heavy (non-hydrogen) atoms. The van der Waals surface area contributed by atoms with Crippen LogP contribution < -0.4 is 0 Å². The summed E-state index contributed by atoms with van der Waals surface area (Å²) < 4.78 is 23.0. The average molecular weight is 282 g/mol. The minimum atomic E-state index is -2.96. The minimum Gasteiger partial charge on any atom is -0.339 e. The maximum absolute atomic E-state index is 12.2. The van der Waals surface area contributed by atoms with Crippen molar-refractivity contribution in [2.24, 2.45) is 0 Å². The molecule has 104 valence electrons. The SMILES string of the molecule is CCN(C(=O)Cc1cccnc1)C1CCS(=O)(=O)C1. The molecule has 0 bridgehead atoms. The van der Waals surface area contributed by atoms with Crippen LogP contribution in [0.25, 0.3) is 0 Å². The van der Waals surface area contributed by atoms with Gasteiger partial charge in [-0.2, -0.15) is 0 Å². The summed E-state index contributed by atoms with van der Waals surface area (Å²) in [5.74, 6) is 0.256. The van der Waals surface area contributed by atoms with E-state index >= 15 is 0 Å². The van der Waals surface area contributed by atoms with Crippen molar-refractivity contribution in [1.82, 2.24) is 9.88 Å². The van der Waals surface area contributed by atoms with Crippen LogP contribution in [0.5, 0.6) is 0 Å². The van der Waals surface area contributed by atoms with Gasteiger partial charge in [-0.25, -0.2) is 8.42 Å². The van der Waals surface area contributed by atoms with E-state index in [9.17, 15) is 13.2 Å². The molecule has 0 N–H and O–H groups in total. The fraction of sp³-hybridized carbons (Fsp3) is 0.538. The number of aromatic nitrogens is 1. The smallest absolute Gasteiger partial charge is 0.227 e. The van der Waals surface area contributed by atoms with Crippen molar-refractivity contribution in [2.75, 3.05) is 18.1 Å². The molecule has 1 aliphatic rings. The van der Waals surface area contributed by atoms with Crippen LogP contribution in [0.1, 0.15) is 18.9 Å². The normalized spacial score (nSPS) is 21.2. The molecule has 0 aliphatic carbocycles. The van der Waals surface area contributed by atoms with E-state index in [2.05, 4.69) is 4.98 Å². The third-order valence-corrected chi connectivity index (χ3v) is 5.14. The van der Waals surface area contributed by atoms with Gasteiger partial charge in [0, 0.05) is 25.0 Å². The summed E-state index contributed by atoms with van der Waals surface area (Å²) in [6.45, 7) is 2.42. The number of pyridine rings is 1. The zero-order valence-corrected chi connectivity index (χ0v) is 11.8. The van der Waals surface area contributed by atoms with Gasteiger partial charge in [0.15, 0.2) is 9.84 Å². The number of amides is 1. The highest BCUT2D eigenvalue weighted by molar-refractivity contribution is 7.91. The molecule has 2 heterocycles. The first-order valence-corrected chi connectivity index (χ1v) is 8.23. The predicted molar refractivity (Wildman–Crippen MR) is 72.4 cm³/mol. The van der Waals surface area contributed by atoms with Gasteiger partial charge in [-0.15, -0.1) is 0 Å². The number of hydrogen-bond donors (Lipinski definition) is 0. The highest BCUT2D eigenvalue weighted by Gasteiger charge is 2.33. The van der Waals surface area contributed by atoms with Crippen LogP contribution in [0.15, 0.2) is 24.5 Å². The lowest BCUT2D eigenvalue weighted by Crippen LogP contribution is -2.41. The molecule has 0 saturated carbocycles. The van der Waals surface area contributed by atoms with Crippen molar-refractivity contribution in [3.63, 3.8) is 0 Å². The predicted octanol–water partition coefficient (Wildman–Crippen LogP) is 0.660. The van der Waals surface area contributed by atoms with Gasteiger partial charge in [0.05, 0.1) is 17.9 Å². The van der Waals surface area contributed by atoms with Crippen molar-refractivity contribution in [1.29, 1.82) is 0 Å². The first-order valence-electron chi connectivity index (χ1n) is 6.40. The molecular weight excluding hydrogens is 264 g/mol. The van der Waals surface area contributed by atoms with Gasteiger partial charge in [0.1, 0.15) is 0 Å². The standard InChI is InChI=1S/C13H18N2O3S/c1-2-15(12-5-7-19(17,18)10-12)13(16)8-11-4-3-6-14-9-11/h3-4,6,9,12H,2,5,7-8,10H2,1H3. The van der Waals surface area contributed by atoms with Crippen molar-refractivity contribution in [3.8, 4) is 0 Å². The topological polar surface area (TPSA) is 67.3 Å². The molecule has 1 fully saturated rings. The Kier molecular flexibility index (Phi) is 4.19. The van der Waals surface area contributed by atoms with Crippen LogP contribution in [0.3, 0.4) is 0 Å². The minimum absolute atomic E-state index is 0.0300. The largest absolute Gasteiger partial charge is 0.339 e. The zero-order chi connectivity index (χ0) is 13.9. The quantitative estimate of drug-likeness (QED) is 0.813. The lowest BCUT2D eigenvalue weighted by Gasteiger charge is -2.26. The van der Waals surface area contributed by atoms with E-state index < -0.39 is 9.84 Å². The molecule has 0 spiro atoms. The lowest BCUT2D eigenvalue weighted by molar-refractivity contribution is -0.132. The third-order valence-electron chi connectivity index (χ3n) is 3.39. The van der Waals surface area contributed by atoms with Crippen LogP contribution >= 0.6 is 0 Å². The van der Waals surface area contributed by atoms with Crippen LogP contribution in [0.2, 0.25) is 0 Å². The molecule has 0 radical (unpaired) electrons. The number of nitrogens with zero attached hydrogens (tertiary/aromatic N) is 2. The van der Waals surface area contributed by atoms with E-state index in [-0.39, 0.29) is 29.9 Å². The number of carbonyl (C=O) groups excluding carboxylic acids is 1. The van der Waals surface area contributed by atoms with Gasteiger partial charge >= 0.3 is 0 Å². The fourth-order valence-electron chi connectivity index (χ4n) is 2.44. The van der Waals surface area contributed by atoms with Crippen LogP contribution in [-0.2, 0) is 21.1 Å². The average Bonchev–Trinajstić information content (AvgIpc) is 2.72. The summed E-state index contributed by atoms with van der Waals surface area (Å²) in [5.41, 5.74) is 0.854. The molecule has 1 aromatic rings. The summed E-state index contributed by atoms with van der Waals surface area (Å²) in [4.78, 5) is 17.9. The Morgan fingerprint density at radius 2 is 2.32 bits per heavy atom. The Hall–Kier alpha value is -1.43. The number of rotatable bonds is 4. The first-order chi connectivity index (χ1) is 9.02. The maximum atomic E-state index is 12.2. The van der Waals surface area contributed by atoms with E-state index in [0.717, 1.165) is 5.56 Å². The van der Waals surface area contributed by atoms with E-state index in [1.54, 1.807) is 23.4 Å². The third kappa shape index (κ3) is 3.53. The Bertz CT molecular complexity index is 542. The summed E-state index contributed by atoms with van der Waals surface area (Å²) in [5, 5.41) is 0. The molecule has 0 aromatic carbocycles. The van der Waals surface area contributed by atoms with E-state index in [4.69, 9.17) is 0 Å². The molecule has 6 heteroatoms. The van der Waals surface area contributed by atoms with Gasteiger partial charge in [-0.1, -0.05) is 6.07 Å². The van der Waals surface area contributed by atoms with Crippen LogP contribution in [0.4, 0.5) is 0 Å². The molecular formula is C13H18N2O3S. The Morgan fingerprint density at radius 3 is 2.84 bits per heavy atom. The van der Waals surface area contributed by atoms with Crippen molar-refractivity contribution < 1.29 is 13.2 Å². The Balaban J connectivity index is 2.04. The second-order valence-electron chi connectivity index (χ2n) is 4.77.